The summed E-state index contributed by atoms with van der Waals surface area (Å²) in [5, 5.41) is 0. The van der Waals surface area contributed by atoms with E-state index in [1.807, 2.05) is 0 Å². The number of halogens is 2. The van der Waals surface area contributed by atoms with Crippen molar-refractivity contribution in [1.29, 1.82) is 0 Å². The molecule has 0 saturated heterocycles. The van der Waals surface area contributed by atoms with Crippen LogP contribution in [-0.2, 0) is 24.1 Å². The first-order chi connectivity index (χ1) is 8.99. The summed E-state index contributed by atoms with van der Waals surface area (Å²) in [6.07, 6.45) is 0.130. The van der Waals surface area contributed by atoms with Gasteiger partial charge < -0.3 is 0 Å². The first-order valence-corrected chi connectivity index (χ1v) is 7.43. The van der Waals surface area contributed by atoms with Crippen LogP contribution in [0.15, 0.2) is 41.0 Å². The van der Waals surface area contributed by atoms with Crippen LogP contribution in [0.25, 0.3) is 5.57 Å². The van der Waals surface area contributed by atoms with Gasteiger partial charge in [-0.2, -0.15) is 0 Å². The van der Waals surface area contributed by atoms with E-state index in [-0.39, 0.29) is 30.9 Å². The number of allylic oxidation sites excluding steroid dienone is 4. The van der Waals surface area contributed by atoms with Crippen LogP contribution in [0.4, 0.5) is 0 Å². The summed E-state index contributed by atoms with van der Waals surface area (Å²) in [4.78, 5) is 0. The van der Waals surface area contributed by atoms with Crippen molar-refractivity contribution in [3.8, 4) is 0 Å². The third kappa shape index (κ3) is 3.84. The molecule has 1 aromatic carbocycles. The summed E-state index contributed by atoms with van der Waals surface area (Å²) in [5.74, 6) is 0.505. The molecule has 0 spiro atoms. The average molecular weight is 362 g/mol. The molecule has 2 rings (SSSR count). The van der Waals surface area contributed by atoms with E-state index in [0.29, 0.717) is 5.92 Å². The zero-order valence-electron chi connectivity index (χ0n) is 13.2. The van der Waals surface area contributed by atoms with Crippen molar-refractivity contribution >= 4 is 30.4 Å². The molecule has 0 heterocycles. The number of rotatable bonds is 3. The van der Waals surface area contributed by atoms with E-state index < -0.39 is 0 Å². The third-order valence-corrected chi connectivity index (χ3v) is 5.06. The maximum absolute atomic E-state index is 5.52. The van der Waals surface area contributed by atoms with Gasteiger partial charge in [0.1, 0.15) is 0 Å². The molecule has 2 unspecified atom stereocenters. The molecule has 1 aliphatic rings. The standard InChI is InChI=1S/C17H21O.2ClH.Ti/c1-10-11(2)13(4)17(12(10)3)16-9-7-6-8-15(16)14(5)18;;;/h6-9,12,14H,1-5H3;2*1H;/q-1;;;+1. The maximum Gasteiger partial charge on any atom is -0.147 e. The van der Waals surface area contributed by atoms with E-state index >= 15 is 0 Å². The number of hydrogen-bond acceptors (Lipinski definition) is 1. The fourth-order valence-electron chi connectivity index (χ4n) is 2.96. The van der Waals surface area contributed by atoms with Crippen LogP contribution in [0.3, 0.4) is 0 Å². The first-order valence-electron chi connectivity index (χ1n) is 6.79. The fraction of sp³-hybridized carbons (Fsp3) is 0.412. The van der Waals surface area contributed by atoms with E-state index in [2.05, 4.69) is 58.9 Å². The average Bonchev–Trinajstić information content (AvgIpc) is 2.62. The smallest absolute Gasteiger partial charge is 0.147 e. The Labute approximate surface area is 152 Å². The van der Waals surface area contributed by atoms with Gasteiger partial charge in [-0.25, -0.2) is 0 Å². The van der Waals surface area contributed by atoms with Crippen molar-refractivity contribution in [2.24, 2.45) is 5.92 Å². The molecule has 0 aromatic heterocycles. The Morgan fingerprint density at radius 1 is 1.05 bits per heavy atom. The Hall–Kier alpha value is -0.0457. The molecule has 1 aromatic rings. The zero-order chi connectivity index (χ0) is 14.2. The Morgan fingerprint density at radius 2 is 1.62 bits per heavy atom. The van der Waals surface area contributed by atoms with Gasteiger partial charge in [0.2, 0.25) is 0 Å². The summed E-state index contributed by atoms with van der Waals surface area (Å²) in [5.41, 5.74) is 8.47. The monoisotopic (exact) mass is 361 g/mol. The Kier molecular flexibility index (Phi) is 8.53. The van der Waals surface area contributed by atoms with E-state index in [1.165, 1.54) is 33.4 Å². The summed E-state index contributed by atoms with van der Waals surface area (Å²) in [6.45, 7) is 11.1. The third-order valence-electron chi connectivity index (χ3n) is 4.51. The van der Waals surface area contributed by atoms with Gasteiger partial charge in [0, 0.05) is 0 Å². The van der Waals surface area contributed by atoms with Gasteiger partial charge in [-0.1, -0.05) is 0 Å². The van der Waals surface area contributed by atoms with Crippen LogP contribution in [0.2, 0.25) is 0 Å². The van der Waals surface area contributed by atoms with Gasteiger partial charge in [0.05, 0.1) is 0 Å². The molecule has 0 aliphatic heterocycles. The van der Waals surface area contributed by atoms with Crippen molar-refractivity contribution < 1.29 is 24.1 Å². The van der Waals surface area contributed by atoms with Crippen molar-refractivity contribution in [3.05, 3.63) is 52.1 Å². The van der Waals surface area contributed by atoms with Crippen LogP contribution in [-0.4, -0.2) is 0 Å². The molecule has 0 amide bonds. The Balaban J connectivity index is 0.00000200. The molecular weight excluding hydrogens is 339 g/mol. The largest absolute Gasteiger partial charge is 0.147 e. The van der Waals surface area contributed by atoms with Crippen LogP contribution >= 0.6 is 24.8 Å². The van der Waals surface area contributed by atoms with Crippen LogP contribution in [0, 0.1) is 5.92 Å². The van der Waals surface area contributed by atoms with Gasteiger partial charge >= 0.3 is 128 Å². The fourth-order valence-corrected chi connectivity index (χ4v) is 3.16. The zero-order valence-corrected chi connectivity index (χ0v) is 16.4. The van der Waals surface area contributed by atoms with E-state index in [0.717, 1.165) is 0 Å². The van der Waals surface area contributed by atoms with Gasteiger partial charge in [-0.15, -0.1) is 24.8 Å². The van der Waals surface area contributed by atoms with Gasteiger partial charge in [0.25, 0.3) is 0 Å². The summed E-state index contributed by atoms with van der Waals surface area (Å²) in [7, 11) is 0. The Bertz CT molecular complexity index is 564. The summed E-state index contributed by atoms with van der Waals surface area (Å²) < 4.78 is 5.52. The second kappa shape index (κ2) is 8.55. The van der Waals surface area contributed by atoms with E-state index in [4.69, 9.17) is 3.32 Å². The molecule has 0 N–H and O–H groups in total. The molecule has 1 aliphatic carbocycles. The molecule has 4 heteroatoms. The van der Waals surface area contributed by atoms with Gasteiger partial charge in [-0.3, -0.25) is 0 Å². The predicted octanol–water partition coefficient (Wildman–Crippen LogP) is 5.83. The number of benzene rings is 1. The number of hydrogen-bond donors (Lipinski definition) is 0. The normalized spacial score (nSPS) is 19.1. The molecule has 0 fully saturated rings. The second-order valence-electron chi connectivity index (χ2n) is 5.42. The van der Waals surface area contributed by atoms with Crippen molar-refractivity contribution in [1.82, 2.24) is 0 Å². The topological polar surface area (TPSA) is 9.23 Å². The molecule has 21 heavy (non-hydrogen) atoms. The van der Waals surface area contributed by atoms with Crippen molar-refractivity contribution in [3.63, 3.8) is 0 Å². The molecule has 115 valence electrons. The predicted molar refractivity (Wildman–Crippen MR) is 90.6 cm³/mol. The van der Waals surface area contributed by atoms with Crippen LogP contribution in [0.5, 0.6) is 0 Å². The van der Waals surface area contributed by atoms with Crippen LogP contribution < -0.4 is 0 Å². The minimum atomic E-state index is 0. The van der Waals surface area contributed by atoms with Crippen molar-refractivity contribution in [2.75, 3.05) is 0 Å². The molecular formula is C17H23Cl2OTi. The SMILES string of the molecule is CC1=C(C)C(C)C(c2ccccc2C(C)[O][Ti])=C1C.Cl.Cl. The van der Waals surface area contributed by atoms with Gasteiger partial charge in [-0.05, 0) is 0 Å². The molecule has 0 saturated carbocycles. The van der Waals surface area contributed by atoms with E-state index in [1.54, 1.807) is 20.8 Å². The quantitative estimate of drug-likeness (QED) is 0.615. The first kappa shape index (κ1) is 21.0. The maximum atomic E-state index is 5.52. The summed E-state index contributed by atoms with van der Waals surface area (Å²) in [6, 6.07) is 8.62. The second-order valence-corrected chi connectivity index (χ2v) is 5.78. The minimum Gasteiger partial charge on any atom is -0.147 e. The molecule has 2 atom stereocenters. The van der Waals surface area contributed by atoms with Crippen molar-refractivity contribution in [2.45, 2.75) is 40.7 Å². The minimum absolute atomic E-state index is 0. The molecule has 0 radical (unpaired) electrons. The van der Waals surface area contributed by atoms with E-state index in [9.17, 15) is 0 Å². The van der Waals surface area contributed by atoms with Crippen LogP contribution in [0.1, 0.15) is 51.8 Å². The Morgan fingerprint density at radius 3 is 2.10 bits per heavy atom. The van der Waals surface area contributed by atoms with Gasteiger partial charge in [0.15, 0.2) is 0 Å². The molecule has 0 bridgehead atoms. The molecule has 1 nitrogen and oxygen atoms in total. The summed E-state index contributed by atoms with van der Waals surface area (Å²) >= 11 is 1.77.